The summed E-state index contributed by atoms with van der Waals surface area (Å²) in [6, 6.07) is -0.0521. The van der Waals surface area contributed by atoms with Crippen molar-refractivity contribution in [2.24, 2.45) is 0 Å². The molecule has 0 aromatic rings. The lowest BCUT2D eigenvalue weighted by molar-refractivity contribution is -0.137. The molecule has 92 valence electrons. The number of hydrogen-bond acceptors (Lipinski definition) is 3. The van der Waals surface area contributed by atoms with E-state index in [9.17, 15) is 9.59 Å². The third kappa shape index (κ3) is 4.30. The van der Waals surface area contributed by atoms with Crippen LogP contribution in [0.25, 0.3) is 0 Å². The number of hydrogen-bond donors (Lipinski definition) is 1. The van der Waals surface area contributed by atoms with Crippen LogP contribution in [-0.4, -0.2) is 65.1 Å². The third-order valence-electron chi connectivity index (χ3n) is 2.48. The molecule has 1 saturated heterocycles. The first-order chi connectivity index (χ1) is 7.61. The number of carboxylic acid groups (broad SMARTS) is 1. The van der Waals surface area contributed by atoms with E-state index in [1.54, 1.807) is 7.05 Å². The van der Waals surface area contributed by atoms with Crippen LogP contribution in [0.4, 0.5) is 4.79 Å². The number of carboxylic acids is 1. The van der Waals surface area contributed by atoms with Crippen molar-refractivity contribution < 1.29 is 14.7 Å². The first-order valence-corrected chi connectivity index (χ1v) is 6.56. The van der Waals surface area contributed by atoms with Crippen LogP contribution in [0.5, 0.6) is 0 Å². The first kappa shape index (κ1) is 13.2. The average molecular weight is 246 g/mol. The quantitative estimate of drug-likeness (QED) is 0.805. The Morgan fingerprint density at radius 1 is 1.38 bits per heavy atom. The molecule has 1 rings (SSSR count). The number of aliphatic carboxylic acids is 1. The van der Waals surface area contributed by atoms with Gasteiger partial charge in [-0.1, -0.05) is 0 Å². The van der Waals surface area contributed by atoms with Crippen LogP contribution in [0.15, 0.2) is 0 Å². The predicted octanol–water partition coefficient (Wildman–Crippen LogP) is 0.952. The number of thioether (sulfide) groups is 1. The number of amides is 2. The number of nitrogens with zero attached hydrogens (tertiary/aromatic N) is 2. The molecule has 5 nitrogen and oxygen atoms in total. The van der Waals surface area contributed by atoms with Crippen molar-refractivity contribution in [3.05, 3.63) is 0 Å². The van der Waals surface area contributed by atoms with Crippen molar-refractivity contribution in [1.82, 2.24) is 9.80 Å². The van der Waals surface area contributed by atoms with E-state index in [0.717, 1.165) is 31.0 Å². The van der Waals surface area contributed by atoms with Crippen molar-refractivity contribution in [2.45, 2.75) is 12.8 Å². The fourth-order valence-corrected chi connectivity index (χ4v) is 2.42. The molecule has 0 aromatic carbocycles. The molecule has 1 heterocycles. The van der Waals surface area contributed by atoms with Gasteiger partial charge in [0.15, 0.2) is 0 Å². The summed E-state index contributed by atoms with van der Waals surface area (Å²) in [5.74, 6) is 1.20. The lowest BCUT2D eigenvalue weighted by Gasteiger charge is -2.26. The highest BCUT2D eigenvalue weighted by Crippen LogP contribution is 2.11. The summed E-state index contributed by atoms with van der Waals surface area (Å²) in [6.45, 7) is 1.82. The molecule has 1 fully saturated rings. The van der Waals surface area contributed by atoms with Crippen LogP contribution in [-0.2, 0) is 4.79 Å². The van der Waals surface area contributed by atoms with E-state index in [1.807, 2.05) is 16.7 Å². The SMILES string of the molecule is CN(CCC(=O)O)C(=O)N1CCCSCC1. The van der Waals surface area contributed by atoms with Crippen LogP contribution in [0, 0.1) is 0 Å². The summed E-state index contributed by atoms with van der Waals surface area (Å²) in [6.07, 6.45) is 1.02. The Kier molecular flexibility index (Phi) is 5.45. The Morgan fingerprint density at radius 2 is 2.12 bits per heavy atom. The van der Waals surface area contributed by atoms with E-state index in [2.05, 4.69) is 0 Å². The Balaban J connectivity index is 2.38. The third-order valence-corrected chi connectivity index (χ3v) is 3.53. The highest BCUT2D eigenvalue weighted by atomic mass is 32.2. The minimum absolute atomic E-state index is 0.00479. The number of rotatable bonds is 3. The standard InChI is InChI=1S/C10H18N2O3S/c1-11(5-3-9(13)14)10(15)12-4-2-7-16-8-6-12/h2-8H2,1H3,(H,13,14). The lowest BCUT2D eigenvalue weighted by Crippen LogP contribution is -2.42. The monoisotopic (exact) mass is 246 g/mol. The molecule has 0 saturated carbocycles. The maximum absolute atomic E-state index is 11.9. The van der Waals surface area contributed by atoms with Gasteiger partial charge in [0.1, 0.15) is 0 Å². The topological polar surface area (TPSA) is 60.9 Å². The van der Waals surface area contributed by atoms with Crippen LogP contribution < -0.4 is 0 Å². The van der Waals surface area contributed by atoms with Gasteiger partial charge in [-0.3, -0.25) is 4.79 Å². The second-order valence-corrected chi connectivity index (χ2v) is 5.03. The van der Waals surface area contributed by atoms with E-state index < -0.39 is 5.97 Å². The lowest BCUT2D eigenvalue weighted by atomic mass is 10.4. The van der Waals surface area contributed by atoms with Crippen molar-refractivity contribution >= 4 is 23.8 Å². The zero-order valence-electron chi connectivity index (χ0n) is 9.52. The van der Waals surface area contributed by atoms with E-state index in [1.165, 1.54) is 4.90 Å². The number of urea groups is 1. The molecule has 0 radical (unpaired) electrons. The molecular formula is C10H18N2O3S. The molecule has 6 heteroatoms. The molecule has 1 N–H and O–H groups in total. The van der Waals surface area contributed by atoms with Crippen molar-refractivity contribution in [3.63, 3.8) is 0 Å². The van der Waals surface area contributed by atoms with Crippen molar-refractivity contribution in [2.75, 3.05) is 38.2 Å². The average Bonchev–Trinajstić information content (AvgIpc) is 2.53. The Labute approximate surface area is 99.8 Å². The number of carbonyl (C=O) groups is 2. The minimum atomic E-state index is -0.869. The summed E-state index contributed by atoms with van der Waals surface area (Å²) in [4.78, 5) is 25.6. The van der Waals surface area contributed by atoms with Gasteiger partial charge in [-0.05, 0) is 12.2 Å². The van der Waals surface area contributed by atoms with Gasteiger partial charge in [0, 0.05) is 32.4 Å². The molecule has 16 heavy (non-hydrogen) atoms. The molecule has 1 aliphatic rings. The molecular weight excluding hydrogens is 228 g/mol. The van der Waals surface area contributed by atoms with Gasteiger partial charge in [0.25, 0.3) is 0 Å². The molecule has 0 bridgehead atoms. The maximum Gasteiger partial charge on any atom is 0.319 e. The molecule has 0 aromatic heterocycles. The molecule has 0 unspecified atom stereocenters. The summed E-state index contributed by atoms with van der Waals surface area (Å²) >= 11 is 1.86. The summed E-state index contributed by atoms with van der Waals surface area (Å²) < 4.78 is 0. The van der Waals surface area contributed by atoms with Gasteiger partial charge < -0.3 is 14.9 Å². The van der Waals surface area contributed by atoms with E-state index >= 15 is 0 Å². The fraction of sp³-hybridized carbons (Fsp3) is 0.800. The number of carbonyl (C=O) groups excluding carboxylic acids is 1. The second kappa shape index (κ2) is 6.62. The van der Waals surface area contributed by atoms with E-state index in [-0.39, 0.29) is 19.0 Å². The molecule has 0 spiro atoms. The summed E-state index contributed by atoms with van der Waals surface area (Å²) in [5, 5.41) is 8.54. The maximum atomic E-state index is 11.9. The smallest absolute Gasteiger partial charge is 0.319 e. The van der Waals surface area contributed by atoms with E-state index in [4.69, 9.17) is 5.11 Å². The van der Waals surface area contributed by atoms with Gasteiger partial charge in [0.2, 0.25) is 0 Å². The molecule has 1 aliphatic heterocycles. The van der Waals surface area contributed by atoms with Gasteiger partial charge >= 0.3 is 12.0 Å². The molecule has 2 amide bonds. The van der Waals surface area contributed by atoms with Gasteiger partial charge in [0.05, 0.1) is 6.42 Å². The zero-order chi connectivity index (χ0) is 12.0. The van der Waals surface area contributed by atoms with Crippen LogP contribution in [0.1, 0.15) is 12.8 Å². The van der Waals surface area contributed by atoms with Gasteiger partial charge in [-0.2, -0.15) is 11.8 Å². The summed E-state index contributed by atoms with van der Waals surface area (Å²) in [5.41, 5.74) is 0. The molecule has 0 atom stereocenters. The summed E-state index contributed by atoms with van der Waals surface area (Å²) in [7, 11) is 1.66. The highest BCUT2D eigenvalue weighted by molar-refractivity contribution is 7.99. The predicted molar refractivity (Wildman–Crippen MR) is 63.8 cm³/mol. The molecule has 0 aliphatic carbocycles. The first-order valence-electron chi connectivity index (χ1n) is 5.41. The Morgan fingerprint density at radius 3 is 2.81 bits per heavy atom. The van der Waals surface area contributed by atoms with Crippen LogP contribution in [0.3, 0.4) is 0 Å². The Hall–Kier alpha value is -0.910. The van der Waals surface area contributed by atoms with Crippen LogP contribution in [0.2, 0.25) is 0 Å². The van der Waals surface area contributed by atoms with E-state index in [0.29, 0.717) is 0 Å². The van der Waals surface area contributed by atoms with Gasteiger partial charge in [-0.15, -0.1) is 0 Å². The van der Waals surface area contributed by atoms with Gasteiger partial charge in [-0.25, -0.2) is 4.79 Å². The highest BCUT2D eigenvalue weighted by Gasteiger charge is 2.19. The minimum Gasteiger partial charge on any atom is -0.481 e. The zero-order valence-corrected chi connectivity index (χ0v) is 10.3. The Bertz CT molecular complexity index is 252. The van der Waals surface area contributed by atoms with Crippen molar-refractivity contribution in [1.29, 1.82) is 0 Å². The largest absolute Gasteiger partial charge is 0.481 e. The van der Waals surface area contributed by atoms with Crippen LogP contribution >= 0.6 is 11.8 Å². The fourth-order valence-electron chi connectivity index (χ4n) is 1.54. The van der Waals surface area contributed by atoms with Crippen molar-refractivity contribution in [3.8, 4) is 0 Å². The second-order valence-electron chi connectivity index (χ2n) is 3.80. The normalized spacial score (nSPS) is 16.7.